The van der Waals surface area contributed by atoms with Gasteiger partial charge in [-0.15, -0.1) is 0 Å². The Hall–Kier alpha value is -0.640. The van der Waals surface area contributed by atoms with E-state index >= 15 is 0 Å². The van der Waals surface area contributed by atoms with E-state index in [9.17, 15) is 4.39 Å². The summed E-state index contributed by atoms with van der Waals surface area (Å²) >= 11 is 5.72. The summed E-state index contributed by atoms with van der Waals surface area (Å²) in [5.41, 5.74) is 0.512. The number of hydrogen-bond acceptors (Lipinski definition) is 2. The lowest BCUT2D eigenvalue weighted by Gasteiger charge is -2.11. The van der Waals surface area contributed by atoms with Gasteiger partial charge < -0.3 is 10.4 Å². The Morgan fingerprint density at radius 1 is 1.57 bits per heavy atom. The standard InChI is InChI=1S/C10H13ClFNO/c1-7(6-14)13-5-8-4-9(11)2-3-10(8)12/h2-4,7,13-14H,5-6H2,1H3. The third-order valence-electron chi connectivity index (χ3n) is 1.92. The molecule has 0 saturated carbocycles. The zero-order chi connectivity index (χ0) is 10.6. The van der Waals surface area contributed by atoms with Crippen LogP contribution in [0.2, 0.25) is 5.02 Å². The molecule has 0 fully saturated rings. The summed E-state index contributed by atoms with van der Waals surface area (Å²) < 4.78 is 13.2. The van der Waals surface area contributed by atoms with E-state index in [4.69, 9.17) is 16.7 Å². The maximum Gasteiger partial charge on any atom is 0.127 e. The van der Waals surface area contributed by atoms with Crippen LogP contribution in [0.5, 0.6) is 0 Å². The van der Waals surface area contributed by atoms with Crippen LogP contribution in [0.15, 0.2) is 18.2 Å². The van der Waals surface area contributed by atoms with E-state index < -0.39 is 0 Å². The van der Waals surface area contributed by atoms with E-state index in [0.29, 0.717) is 17.1 Å². The first-order chi connectivity index (χ1) is 6.63. The minimum Gasteiger partial charge on any atom is -0.395 e. The molecule has 0 heterocycles. The Labute approximate surface area is 87.7 Å². The average Bonchev–Trinajstić information content (AvgIpc) is 2.19. The number of nitrogens with one attached hydrogen (secondary N) is 1. The van der Waals surface area contributed by atoms with Crippen LogP contribution in [0.1, 0.15) is 12.5 Å². The molecule has 1 aromatic carbocycles. The minimum absolute atomic E-state index is 0.0299. The van der Waals surface area contributed by atoms with Gasteiger partial charge in [0.2, 0.25) is 0 Å². The van der Waals surface area contributed by atoms with Gasteiger partial charge in [0.25, 0.3) is 0 Å². The molecule has 0 aliphatic heterocycles. The van der Waals surface area contributed by atoms with Gasteiger partial charge in [0, 0.05) is 23.2 Å². The lowest BCUT2D eigenvalue weighted by atomic mass is 10.2. The van der Waals surface area contributed by atoms with Gasteiger partial charge in [-0.25, -0.2) is 4.39 Å². The molecule has 0 radical (unpaired) electrons. The Morgan fingerprint density at radius 3 is 2.93 bits per heavy atom. The van der Waals surface area contributed by atoms with Gasteiger partial charge in [-0.05, 0) is 25.1 Å². The number of hydrogen-bond donors (Lipinski definition) is 2. The highest BCUT2D eigenvalue weighted by atomic mass is 35.5. The topological polar surface area (TPSA) is 32.3 Å². The van der Waals surface area contributed by atoms with Gasteiger partial charge in [0.15, 0.2) is 0 Å². The molecular weight excluding hydrogens is 205 g/mol. The minimum atomic E-state index is -0.285. The third kappa shape index (κ3) is 3.25. The SMILES string of the molecule is CC(CO)NCc1cc(Cl)ccc1F. The van der Waals surface area contributed by atoms with Crippen LogP contribution < -0.4 is 5.32 Å². The van der Waals surface area contributed by atoms with Crippen molar-refractivity contribution in [1.29, 1.82) is 0 Å². The van der Waals surface area contributed by atoms with Crippen molar-refractivity contribution in [2.45, 2.75) is 19.5 Å². The summed E-state index contributed by atoms with van der Waals surface area (Å²) in [6, 6.07) is 4.38. The number of benzene rings is 1. The molecule has 4 heteroatoms. The van der Waals surface area contributed by atoms with Crippen LogP contribution in [0.25, 0.3) is 0 Å². The summed E-state index contributed by atoms with van der Waals surface area (Å²) in [7, 11) is 0. The molecule has 1 aromatic rings. The number of aliphatic hydroxyl groups is 1. The van der Waals surface area contributed by atoms with Crippen molar-refractivity contribution < 1.29 is 9.50 Å². The summed E-state index contributed by atoms with van der Waals surface area (Å²) in [6.45, 7) is 2.22. The van der Waals surface area contributed by atoms with Crippen molar-refractivity contribution in [2.75, 3.05) is 6.61 Å². The molecule has 0 aromatic heterocycles. The number of halogens is 2. The van der Waals surface area contributed by atoms with Crippen LogP contribution >= 0.6 is 11.6 Å². The van der Waals surface area contributed by atoms with Crippen molar-refractivity contribution in [1.82, 2.24) is 5.32 Å². The van der Waals surface area contributed by atoms with E-state index in [-0.39, 0.29) is 18.5 Å². The molecule has 0 aliphatic rings. The summed E-state index contributed by atoms with van der Waals surface area (Å²) in [5, 5.41) is 12.2. The molecule has 0 bridgehead atoms. The van der Waals surface area contributed by atoms with E-state index in [0.717, 1.165) is 0 Å². The molecule has 1 unspecified atom stereocenters. The molecule has 78 valence electrons. The Kier molecular flexibility index (Phi) is 4.32. The molecule has 1 rings (SSSR count). The summed E-state index contributed by atoms with van der Waals surface area (Å²) in [5.74, 6) is -0.285. The van der Waals surface area contributed by atoms with E-state index in [1.807, 2.05) is 6.92 Å². The Balaban J connectivity index is 2.62. The van der Waals surface area contributed by atoms with Gasteiger partial charge in [-0.3, -0.25) is 0 Å². The fraction of sp³-hybridized carbons (Fsp3) is 0.400. The van der Waals surface area contributed by atoms with Gasteiger partial charge in [-0.2, -0.15) is 0 Å². The van der Waals surface area contributed by atoms with Crippen LogP contribution in [0.3, 0.4) is 0 Å². The highest BCUT2D eigenvalue weighted by molar-refractivity contribution is 6.30. The van der Waals surface area contributed by atoms with Crippen molar-refractivity contribution in [3.05, 3.63) is 34.6 Å². The number of rotatable bonds is 4. The smallest absolute Gasteiger partial charge is 0.127 e. The zero-order valence-electron chi connectivity index (χ0n) is 7.93. The van der Waals surface area contributed by atoms with Crippen LogP contribution in [-0.2, 0) is 6.54 Å². The van der Waals surface area contributed by atoms with Gasteiger partial charge in [0.1, 0.15) is 5.82 Å². The van der Waals surface area contributed by atoms with Crippen LogP contribution in [0.4, 0.5) is 4.39 Å². The highest BCUT2D eigenvalue weighted by Gasteiger charge is 2.04. The second-order valence-corrected chi connectivity index (χ2v) is 3.64. The fourth-order valence-corrected chi connectivity index (χ4v) is 1.22. The molecule has 14 heavy (non-hydrogen) atoms. The molecule has 1 atom stereocenters. The molecule has 2 nitrogen and oxygen atoms in total. The first-order valence-corrected chi connectivity index (χ1v) is 4.79. The van der Waals surface area contributed by atoms with E-state index in [1.54, 1.807) is 6.07 Å². The largest absolute Gasteiger partial charge is 0.395 e. The van der Waals surface area contributed by atoms with Crippen LogP contribution in [0, 0.1) is 5.82 Å². The van der Waals surface area contributed by atoms with Crippen LogP contribution in [-0.4, -0.2) is 17.8 Å². The lowest BCUT2D eigenvalue weighted by Crippen LogP contribution is -2.28. The second-order valence-electron chi connectivity index (χ2n) is 3.20. The Bertz CT molecular complexity index is 306. The molecule has 0 amide bonds. The number of aliphatic hydroxyl groups excluding tert-OH is 1. The molecule has 0 saturated heterocycles. The average molecular weight is 218 g/mol. The first kappa shape index (κ1) is 11.4. The molecular formula is C10H13ClFNO. The van der Waals surface area contributed by atoms with Crippen molar-refractivity contribution in [3.63, 3.8) is 0 Å². The lowest BCUT2D eigenvalue weighted by molar-refractivity contribution is 0.250. The van der Waals surface area contributed by atoms with Gasteiger partial charge >= 0.3 is 0 Å². The third-order valence-corrected chi connectivity index (χ3v) is 2.16. The summed E-state index contributed by atoms with van der Waals surface area (Å²) in [4.78, 5) is 0. The predicted molar refractivity (Wildman–Crippen MR) is 54.8 cm³/mol. The Morgan fingerprint density at radius 2 is 2.29 bits per heavy atom. The maximum atomic E-state index is 13.2. The normalized spacial score (nSPS) is 12.9. The second kappa shape index (κ2) is 5.29. The quantitative estimate of drug-likeness (QED) is 0.808. The van der Waals surface area contributed by atoms with E-state index in [1.165, 1.54) is 12.1 Å². The monoisotopic (exact) mass is 217 g/mol. The van der Waals surface area contributed by atoms with Gasteiger partial charge in [-0.1, -0.05) is 11.6 Å². The summed E-state index contributed by atoms with van der Waals surface area (Å²) in [6.07, 6.45) is 0. The van der Waals surface area contributed by atoms with Crippen molar-refractivity contribution >= 4 is 11.6 Å². The maximum absolute atomic E-state index is 13.2. The van der Waals surface area contributed by atoms with Gasteiger partial charge in [0.05, 0.1) is 6.61 Å². The van der Waals surface area contributed by atoms with E-state index in [2.05, 4.69) is 5.32 Å². The predicted octanol–water partition coefficient (Wildman–Crippen LogP) is 1.95. The molecule has 0 aliphatic carbocycles. The van der Waals surface area contributed by atoms with Crippen molar-refractivity contribution in [2.24, 2.45) is 0 Å². The first-order valence-electron chi connectivity index (χ1n) is 4.41. The van der Waals surface area contributed by atoms with Crippen molar-refractivity contribution in [3.8, 4) is 0 Å². The zero-order valence-corrected chi connectivity index (χ0v) is 8.68. The molecule has 2 N–H and O–H groups in total. The fourth-order valence-electron chi connectivity index (χ4n) is 1.03. The highest BCUT2D eigenvalue weighted by Crippen LogP contribution is 2.14. The molecule has 0 spiro atoms.